The van der Waals surface area contributed by atoms with Crippen molar-refractivity contribution >= 4 is 17.2 Å². The van der Waals surface area contributed by atoms with E-state index >= 15 is 0 Å². The fraction of sp³-hybridized carbons (Fsp3) is 0.462. The normalized spacial score (nSPS) is 27.2. The lowest BCUT2D eigenvalue weighted by molar-refractivity contribution is 0.385. The van der Waals surface area contributed by atoms with Crippen molar-refractivity contribution in [2.24, 2.45) is 4.99 Å². The molecule has 0 radical (unpaired) electrons. The van der Waals surface area contributed by atoms with Crippen LogP contribution in [0, 0.1) is 0 Å². The molecule has 1 aromatic carbocycles. The third-order valence-corrected chi connectivity index (χ3v) is 3.74. The van der Waals surface area contributed by atoms with Crippen molar-refractivity contribution in [1.29, 1.82) is 0 Å². The molecule has 0 spiro atoms. The van der Waals surface area contributed by atoms with Gasteiger partial charge < -0.3 is 16.8 Å². The van der Waals surface area contributed by atoms with Gasteiger partial charge >= 0.3 is 0 Å². The van der Waals surface area contributed by atoms with Gasteiger partial charge in [0, 0.05) is 11.6 Å². The van der Waals surface area contributed by atoms with Crippen LogP contribution in [0.2, 0.25) is 0 Å². The molecule has 1 aliphatic carbocycles. The summed E-state index contributed by atoms with van der Waals surface area (Å²) < 4.78 is 0. The predicted molar refractivity (Wildman–Crippen MR) is 71.0 cm³/mol. The molecule has 17 heavy (non-hydrogen) atoms. The molecule has 2 aliphatic rings. The second kappa shape index (κ2) is 3.95. The Bertz CT molecular complexity index is 466. The van der Waals surface area contributed by atoms with E-state index in [0.29, 0.717) is 23.5 Å². The summed E-state index contributed by atoms with van der Waals surface area (Å²) in [6.45, 7) is 0. The van der Waals surface area contributed by atoms with Crippen LogP contribution in [0.15, 0.2) is 23.2 Å². The average molecular weight is 230 g/mol. The van der Waals surface area contributed by atoms with Crippen LogP contribution in [0.3, 0.4) is 0 Å². The Morgan fingerprint density at radius 3 is 2.82 bits per heavy atom. The SMILES string of the molecule is Nc1cccc(C2=NC3CCCCC3N2)c1N. The number of nitrogens with zero attached hydrogens (tertiary/aromatic N) is 1. The Morgan fingerprint density at radius 1 is 1.18 bits per heavy atom. The summed E-state index contributed by atoms with van der Waals surface area (Å²) in [6.07, 6.45) is 4.97. The Kier molecular flexibility index (Phi) is 2.42. The number of amidine groups is 1. The van der Waals surface area contributed by atoms with E-state index < -0.39 is 0 Å². The number of anilines is 2. The summed E-state index contributed by atoms with van der Waals surface area (Å²) in [5.41, 5.74) is 14.0. The summed E-state index contributed by atoms with van der Waals surface area (Å²) in [7, 11) is 0. The zero-order valence-corrected chi connectivity index (χ0v) is 9.82. The molecule has 0 amide bonds. The zero-order chi connectivity index (χ0) is 11.8. The maximum absolute atomic E-state index is 6.01. The molecule has 2 unspecified atom stereocenters. The number of nitrogens with one attached hydrogen (secondary N) is 1. The summed E-state index contributed by atoms with van der Waals surface area (Å²) in [5.74, 6) is 0.923. The molecule has 1 saturated carbocycles. The Balaban J connectivity index is 1.92. The quantitative estimate of drug-likeness (QED) is 0.640. The zero-order valence-electron chi connectivity index (χ0n) is 9.82. The fourth-order valence-corrected chi connectivity index (χ4v) is 2.75. The van der Waals surface area contributed by atoms with Gasteiger partial charge in [0.05, 0.1) is 17.4 Å². The van der Waals surface area contributed by atoms with Crippen molar-refractivity contribution in [2.75, 3.05) is 11.5 Å². The molecule has 4 heteroatoms. The number of rotatable bonds is 1. The topological polar surface area (TPSA) is 76.4 Å². The minimum absolute atomic E-state index is 0.430. The van der Waals surface area contributed by atoms with Crippen molar-refractivity contribution in [2.45, 2.75) is 37.8 Å². The molecule has 1 heterocycles. The number of hydrogen-bond acceptors (Lipinski definition) is 4. The van der Waals surface area contributed by atoms with Crippen LogP contribution < -0.4 is 16.8 Å². The molecule has 0 saturated heterocycles. The highest BCUT2D eigenvalue weighted by Crippen LogP contribution is 2.28. The van der Waals surface area contributed by atoms with Gasteiger partial charge in [-0.3, -0.25) is 4.99 Å². The molecule has 2 atom stereocenters. The molecule has 1 aromatic rings. The summed E-state index contributed by atoms with van der Waals surface area (Å²) >= 11 is 0. The Morgan fingerprint density at radius 2 is 2.00 bits per heavy atom. The molecule has 3 rings (SSSR count). The smallest absolute Gasteiger partial charge is 0.131 e. The lowest BCUT2D eigenvalue weighted by Gasteiger charge is -2.23. The molecule has 5 N–H and O–H groups in total. The standard InChI is InChI=1S/C13H18N4/c14-9-5-3-4-8(12(9)15)13-16-10-6-1-2-7-11(10)17-13/h3-5,10-11H,1-2,6-7,14-15H2,(H,16,17). The van der Waals surface area contributed by atoms with E-state index in [2.05, 4.69) is 5.32 Å². The summed E-state index contributed by atoms with van der Waals surface area (Å²) in [5, 5.41) is 3.49. The van der Waals surface area contributed by atoms with E-state index in [1.165, 1.54) is 25.7 Å². The van der Waals surface area contributed by atoms with Crippen LogP contribution >= 0.6 is 0 Å². The average Bonchev–Trinajstić information content (AvgIpc) is 2.76. The van der Waals surface area contributed by atoms with E-state index in [9.17, 15) is 0 Å². The highest BCUT2D eigenvalue weighted by Gasteiger charge is 2.31. The first-order valence-electron chi connectivity index (χ1n) is 6.24. The van der Waals surface area contributed by atoms with Crippen LogP contribution in [-0.2, 0) is 0 Å². The van der Waals surface area contributed by atoms with Crippen LogP contribution in [0.1, 0.15) is 31.2 Å². The lowest BCUT2D eigenvalue weighted by atomic mass is 9.92. The second-order valence-electron chi connectivity index (χ2n) is 4.89. The molecule has 1 fully saturated rings. The van der Waals surface area contributed by atoms with Crippen LogP contribution in [0.25, 0.3) is 0 Å². The molecule has 0 bridgehead atoms. The van der Waals surface area contributed by atoms with Gasteiger partial charge in [-0.1, -0.05) is 18.9 Å². The lowest BCUT2D eigenvalue weighted by Crippen LogP contribution is -2.37. The predicted octanol–water partition coefficient (Wildman–Crippen LogP) is 1.51. The summed E-state index contributed by atoms with van der Waals surface area (Å²) in [6, 6.07) is 6.66. The monoisotopic (exact) mass is 230 g/mol. The van der Waals surface area contributed by atoms with Crippen LogP contribution in [-0.4, -0.2) is 17.9 Å². The van der Waals surface area contributed by atoms with Gasteiger partial charge in [0.15, 0.2) is 0 Å². The van der Waals surface area contributed by atoms with Crippen molar-refractivity contribution < 1.29 is 0 Å². The fourth-order valence-electron chi connectivity index (χ4n) is 2.75. The van der Waals surface area contributed by atoms with Gasteiger partial charge in [-0.05, 0) is 25.0 Å². The number of fused-ring (bicyclic) bond motifs is 1. The summed E-state index contributed by atoms with van der Waals surface area (Å²) in [4.78, 5) is 4.75. The van der Waals surface area contributed by atoms with Crippen molar-refractivity contribution in [3.05, 3.63) is 23.8 Å². The van der Waals surface area contributed by atoms with E-state index in [1.807, 2.05) is 18.2 Å². The number of nitrogens with two attached hydrogens (primary N) is 2. The van der Waals surface area contributed by atoms with E-state index in [-0.39, 0.29) is 0 Å². The van der Waals surface area contributed by atoms with Gasteiger partial charge in [0.25, 0.3) is 0 Å². The van der Waals surface area contributed by atoms with Crippen molar-refractivity contribution in [1.82, 2.24) is 5.32 Å². The Hall–Kier alpha value is -1.71. The third-order valence-electron chi connectivity index (χ3n) is 3.74. The highest BCUT2D eigenvalue weighted by atomic mass is 15.1. The maximum Gasteiger partial charge on any atom is 0.131 e. The molecule has 1 aliphatic heterocycles. The van der Waals surface area contributed by atoms with Gasteiger partial charge in [0.1, 0.15) is 5.84 Å². The minimum Gasteiger partial charge on any atom is -0.397 e. The van der Waals surface area contributed by atoms with Crippen LogP contribution in [0.4, 0.5) is 11.4 Å². The van der Waals surface area contributed by atoms with Crippen molar-refractivity contribution in [3.63, 3.8) is 0 Å². The third kappa shape index (κ3) is 1.73. The number of para-hydroxylation sites is 1. The first kappa shape index (κ1) is 10.4. The van der Waals surface area contributed by atoms with E-state index in [0.717, 1.165) is 11.4 Å². The molecule has 4 nitrogen and oxygen atoms in total. The number of nitrogen functional groups attached to an aromatic ring is 2. The van der Waals surface area contributed by atoms with Gasteiger partial charge in [-0.15, -0.1) is 0 Å². The Labute approximate surface area is 101 Å². The van der Waals surface area contributed by atoms with Gasteiger partial charge in [0.2, 0.25) is 0 Å². The molecule has 0 aromatic heterocycles. The van der Waals surface area contributed by atoms with Gasteiger partial charge in [-0.2, -0.15) is 0 Å². The van der Waals surface area contributed by atoms with Gasteiger partial charge in [-0.25, -0.2) is 0 Å². The van der Waals surface area contributed by atoms with E-state index in [4.69, 9.17) is 16.5 Å². The largest absolute Gasteiger partial charge is 0.397 e. The number of hydrogen-bond donors (Lipinski definition) is 3. The van der Waals surface area contributed by atoms with E-state index in [1.54, 1.807) is 0 Å². The second-order valence-corrected chi connectivity index (χ2v) is 4.89. The number of benzene rings is 1. The number of aliphatic imine (C=N–C) groups is 1. The van der Waals surface area contributed by atoms with Crippen molar-refractivity contribution in [3.8, 4) is 0 Å². The molecular formula is C13H18N4. The maximum atomic E-state index is 6.01. The minimum atomic E-state index is 0.430. The first-order chi connectivity index (χ1) is 8.25. The molecule has 90 valence electrons. The highest BCUT2D eigenvalue weighted by molar-refractivity contribution is 6.06. The molecular weight excluding hydrogens is 212 g/mol. The first-order valence-corrected chi connectivity index (χ1v) is 6.24. The van der Waals surface area contributed by atoms with Crippen LogP contribution in [0.5, 0.6) is 0 Å².